The first-order valence-corrected chi connectivity index (χ1v) is 11.3. The minimum atomic E-state index is -1.48. The van der Waals surface area contributed by atoms with Crippen molar-refractivity contribution >= 4 is 16.9 Å². The summed E-state index contributed by atoms with van der Waals surface area (Å²) in [4.78, 5) is 17.5. The summed E-state index contributed by atoms with van der Waals surface area (Å²) in [5.74, 6) is 0.180. The molecule has 0 aliphatic rings. The number of imidazole rings is 1. The number of amides is 1. The van der Waals surface area contributed by atoms with Gasteiger partial charge in [-0.05, 0) is 36.2 Å². The van der Waals surface area contributed by atoms with Gasteiger partial charge >= 0.3 is 0 Å². The number of aryl methyl sites for hydroxylation is 1. The summed E-state index contributed by atoms with van der Waals surface area (Å²) in [5.41, 5.74) is 1.80. The van der Waals surface area contributed by atoms with Gasteiger partial charge in [0.2, 0.25) is 0 Å². The van der Waals surface area contributed by atoms with Crippen LogP contribution in [-0.4, -0.2) is 52.0 Å². The van der Waals surface area contributed by atoms with Crippen molar-refractivity contribution in [2.45, 2.75) is 25.2 Å². The molecule has 1 heterocycles. The number of benzene rings is 3. The second-order valence-corrected chi connectivity index (χ2v) is 8.14. The van der Waals surface area contributed by atoms with E-state index in [-0.39, 0.29) is 19.1 Å². The van der Waals surface area contributed by atoms with Gasteiger partial charge in [-0.1, -0.05) is 60.7 Å². The lowest BCUT2D eigenvalue weighted by molar-refractivity contribution is 0.0610. The molecule has 1 aromatic heterocycles. The van der Waals surface area contributed by atoms with Crippen molar-refractivity contribution < 1.29 is 19.7 Å². The van der Waals surface area contributed by atoms with Gasteiger partial charge in [-0.2, -0.15) is 0 Å². The van der Waals surface area contributed by atoms with Crippen LogP contribution in [0.25, 0.3) is 11.0 Å². The highest BCUT2D eigenvalue weighted by molar-refractivity contribution is 5.97. The van der Waals surface area contributed by atoms with E-state index in [2.05, 4.69) is 5.32 Å². The number of nitrogens with one attached hydrogen (secondary N) is 1. The number of aromatic nitrogens is 2. The average molecular weight is 460 g/mol. The molecule has 0 fully saturated rings. The molecular formula is C27H29N3O4. The van der Waals surface area contributed by atoms with Crippen LogP contribution in [0.4, 0.5) is 0 Å². The number of aliphatic hydroxyl groups is 2. The van der Waals surface area contributed by atoms with Gasteiger partial charge in [0.05, 0.1) is 23.7 Å². The number of methoxy groups -OCH3 is 1. The lowest BCUT2D eigenvalue weighted by Crippen LogP contribution is -2.34. The van der Waals surface area contributed by atoms with E-state index in [1.54, 1.807) is 18.2 Å². The summed E-state index contributed by atoms with van der Waals surface area (Å²) in [6, 6.07) is 24.2. The highest BCUT2D eigenvalue weighted by Gasteiger charge is 2.38. The highest BCUT2D eigenvalue weighted by Crippen LogP contribution is 2.37. The van der Waals surface area contributed by atoms with Crippen LogP contribution in [0.15, 0.2) is 78.9 Å². The molecule has 176 valence electrons. The van der Waals surface area contributed by atoms with Crippen molar-refractivity contribution in [3.05, 3.63) is 101 Å². The zero-order valence-corrected chi connectivity index (χ0v) is 19.3. The van der Waals surface area contributed by atoms with E-state index in [1.807, 2.05) is 72.2 Å². The molecule has 7 nitrogen and oxygen atoms in total. The maximum absolute atomic E-state index is 12.7. The van der Waals surface area contributed by atoms with Crippen LogP contribution in [0.2, 0.25) is 0 Å². The van der Waals surface area contributed by atoms with E-state index in [1.165, 1.54) is 7.11 Å². The third-order valence-corrected chi connectivity index (χ3v) is 5.89. The highest BCUT2D eigenvalue weighted by atomic mass is 16.5. The van der Waals surface area contributed by atoms with Crippen molar-refractivity contribution in [2.24, 2.45) is 0 Å². The first-order chi connectivity index (χ1) is 16.5. The molecule has 7 heteroatoms. The van der Waals surface area contributed by atoms with E-state index in [4.69, 9.17) is 9.72 Å². The topological polar surface area (TPSA) is 96.6 Å². The van der Waals surface area contributed by atoms with Gasteiger partial charge in [0, 0.05) is 25.8 Å². The number of rotatable bonds is 9. The first-order valence-electron chi connectivity index (χ1n) is 11.3. The van der Waals surface area contributed by atoms with Gasteiger partial charge in [0.25, 0.3) is 5.91 Å². The molecule has 0 spiro atoms. The number of carbonyl (C=O) groups excluding carboxylic acids is 1. The predicted molar refractivity (Wildman–Crippen MR) is 131 cm³/mol. The van der Waals surface area contributed by atoms with Crippen LogP contribution in [0.5, 0.6) is 0 Å². The number of hydrogen-bond acceptors (Lipinski definition) is 5. The van der Waals surface area contributed by atoms with Crippen molar-refractivity contribution in [2.75, 3.05) is 20.3 Å². The maximum atomic E-state index is 12.7. The molecule has 0 aliphatic heterocycles. The van der Waals surface area contributed by atoms with Gasteiger partial charge in [0.1, 0.15) is 0 Å². The van der Waals surface area contributed by atoms with E-state index in [9.17, 15) is 15.0 Å². The molecule has 3 aromatic carbocycles. The standard InChI is InChI=1S/C27H29N3O4/c1-3-30-24-16-19(25(32)28-17-22(31)18-34-2)14-15-23(24)29-26(30)27(33,20-10-6-4-7-11-20)21-12-8-5-9-13-21/h4-16,22,31,33H,3,17-18H2,1-2H3,(H,28,32)/t22-/m0/s1. The van der Waals surface area contributed by atoms with Gasteiger partial charge in [-0.25, -0.2) is 4.98 Å². The van der Waals surface area contributed by atoms with E-state index < -0.39 is 11.7 Å². The Hall–Kier alpha value is -3.52. The van der Waals surface area contributed by atoms with Crippen LogP contribution in [0.1, 0.15) is 34.2 Å². The monoisotopic (exact) mass is 459 g/mol. The van der Waals surface area contributed by atoms with Crippen LogP contribution in [-0.2, 0) is 16.9 Å². The van der Waals surface area contributed by atoms with Gasteiger partial charge in [0.15, 0.2) is 11.4 Å². The summed E-state index contributed by atoms with van der Waals surface area (Å²) in [6.45, 7) is 2.76. The predicted octanol–water partition coefficient (Wildman–Crippen LogP) is 3.08. The Kier molecular flexibility index (Phi) is 7.07. The molecule has 0 saturated heterocycles. The Morgan fingerprint density at radius 1 is 1.06 bits per heavy atom. The fourth-order valence-electron chi connectivity index (χ4n) is 4.21. The van der Waals surface area contributed by atoms with Crippen LogP contribution >= 0.6 is 0 Å². The summed E-state index contributed by atoms with van der Waals surface area (Å²) >= 11 is 0. The molecular weight excluding hydrogens is 430 g/mol. The van der Waals surface area contributed by atoms with Crippen molar-refractivity contribution in [1.82, 2.24) is 14.9 Å². The van der Waals surface area contributed by atoms with E-state index in [0.717, 1.165) is 5.52 Å². The van der Waals surface area contributed by atoms with Gasteiger partial charge < -0.3 is 24.8 Å². The molecule has 3 N–H and O–H groups in total. The molecule has 34 heavy (non-hydrogen) atoms. The fraction of sp³-hybridized carbons (Fsp3) is 0.259. The number of aliphatic hydroxyl groups excluding tert-OH is 1. The van der Waals surface area contributed by atoms with Gasteiger partial charge in [-0.3, -0.25) is 4.79 Å². The Labute approximate surface area is 198 Å². The molecule has 0 radical (unpaired) electrons. The third-order valence-electron chi connectivity index (χ3n) is 5.89. The number of carbonyl (C=O) groups is 1. The quantitative estimate of drug-likeness (QED) is 0.358. The molecule has 0 saturated carbocycles. The second-order valence-electron chi connectivity index (χ2n) is 8.14. The average Bonchev–Trinajstić information content (AvgIpc) is 3.26. The summed E-state index contributed by atoms with van der Waals surface area (Å²) in [6.07, 6.45) is -0.780. The first kappa shape index (κ1) is 23.6. The summed E-state index contributed by atoms with van der Waals surface area (Å²) in [7, 11) is 1.49. The molecule has 4 aromatic rings. The summed E-state index contributed by atoms with van der Waals surface area (Å²) in [5, 5.41) is 24.8. The normalized spacial score (nSPS) is 12.6. The van der Waals surface area contributed by atoms with Crippen LogP contribution in [0, 0.1) is 0 Å². The number of ether oxygens (including phenoxy) is 1. The molecule has 0 aliphatic carbocycles. The van der Waals surface area contributed by atoms with E-state index in [0.29, 0.717) is 34.6 Å². The van der Waals surface area contributed by atoms with Crippen LogP contribution in [0.3, 0.4) is 0 Å². The number of nitrogens with zero attached hydrogens (tertiary/aromatic N) is 2. The smallest absolute Gasteiger partial charge is 0.251 e. The molecule has 0 unspecified atom stereocenters. The van der Waals surface area contributed by atoms with Crippen molar-refractivity contribution in [3.8, 4) is 0 Å². The molecule has 1 amide bonds. The van der Waals surface area contributed by atoms with Gasteiger partial charge in [-0.15, -0.1) is 0 Å². The van der Waals surface area contributed by atoms with Crippen LogP contribution < -0.4 is 5.32 Å². The van der Waals surface area contributed by atoms with Crippen molar-refractivity contribution in [3.63, 3.8) is 0 Å². The number of fused-ring (bicyclic) bond motifs is 1. The third kappa shape index (κ3) is 4.46. The Morgan fingerprint density at radius 2 is 1.68 bits per heavy atom. The zero-order valence-electron chi connectivity index (χ0n) is 19.3. The lowest BCUT2D eigenvalue weighted by Gasteiger charge is -2.29. The summed E-state index contributed by atoms with van der Waals surface area (Å²) < 4.78 is 6.84. The largest absolute Gasteiger partial charge is 0.389 e. The Bertz CT molecular complexity index is 1220. The maximum Gasteiger partial charge on any atom is 0.251 e. The minimum absolute atomic E-state index is 0.0881. The SMILES string of the molecule is CCn1c(C(O)(c2ccccc2)c2ccccc2)nc2ccc(C(=O)NC[C@H](O)COC)cc21. The second kappa shape index (κ2) is 10.2. The van der Waals surface area contributed by atoms with Crippen molar-refractivity contribution in [1.29, 1.82) is 0 Å². The minimum Gasteiger partial charge on any atom is -0.389 e. The Morgan fingerprint density at radius 3 is 2.24 bits per heavy atom. The van der Waals surface area contributed by atoms with E-state index >= 15 is 0 Å². The molecule has 4 rings (SSSR count). The zero-order chi connectivity index (χ0) is 24.1. The fourth-order valence-corrected chi connectivity index (χ4v) is 4.21. The molecule has 0 bridgehead atoms. The number of hydrogen-bond donors (Lipinski definition) is 3. The molecule has 1 atom stereocenters. The lowest BCUT2D eigenvalue weighted by atomic mass is 9.85. The Balaban J connectivity index is 1.80.